The Hall–Kier alpha value is -1.96. The lowest BCUT2D eigenvalue weighted by molar-refractivity contribution is 0.391. The average Bonchev–Trinajstić information content (AvgIpc) is 2.59. The molecule has 160 valence electrons. The maximum Gasteiger partial charge on any atom is 0.118 e. The van der Waals surface area contributed by atoms with Crippen LogP contribution in [0.1, 0.15) is 90.5 Å². The van der Waals surface area contributed by atoms with E-state index in [0.29, 0.717) is 11.5 Å². The van der Waals surface area contributed by atoms with Crippen LogP contribution in [0.25, 0.3) is 0 Å². The summed E-state index contributed by atoms with van der Waals surface area (Å²) < 4.78 is 0. The molecule has 0 atom stereocenters. The first-order valence-electron chi connectivity index (χ1n) is 11.0. The van der Waals surface area contributed by atoms with Crippen LogP contribution < -0.4 is 0 Å². The summed E-state index contributed by atoms with van der Waals surface area (Å²) in [6.07, 6.45) is 3.59. The maximum atomic E-state index is 10.5. The second-order valence-electron chi connectivity index (χ2n) is 11.0. The molecule has 0 aromatic heterocycles. The molecule has 0 amide bonds. The van der Waals surface area contributed by atoms with Crippen molar-refractivity contribution < 1.29 is 10.2 Å². The van der Waals surface area contributed by atoms with Gasteiger partial charge < -0.3 is 10.2 Å². The van der Waals surface area contributed by atoms with E-state index in [-0.39, 0.29) is 16.2 Å². The van der Waals surface area contributed by atoms with Gasteiger partial charge in [0.25, 0.3) is 0 Å². The molecule has 2 nitrogen and oxygen atoms in total. The Morgan fingerprint density at radius 2 is 0.966 bits per heavy atom. The van der Waals surface area contributed by atoms with Gasteiger partial charge in [-0.25, -0.2) is 0 Å². The van der Waals surface area contributed by atoms with Gasteiger partial charge in [-0.1, -0.05) is 79.7 Å². The third-order valence-corrected chi connectivity index (χ3v) is 5.91. The van der Waals surface area contributed by atoms with Crippen LogP contribution in [0.15, 0.2) is 36.4 Å². The molecule has 0 bridgehead atoms. The zero-order chi connectivity index (χ0) is 22.0. The lowest BCUT2D eigenvalue weighted by Crippen LogP contribution is -2.27. The molecule has 0 saturated carbocycles. The van der Waals surface area contributed by atoms with Crippen molar-refractivity contribution in [2.75, 3.05) is 0 Å². The molecule has 0 unspecified atom stereocenters. The van der Waals surface area contributed by atoms with Gasteiger partial charge in [0.05, 0.1) is 0 Å². The minimum absolute atomic E-state index is 0.107. The van der Waals surface area contributed by atoms with E-state index in [1.165, 1.54) is 11.1 Å². The molecule has 29 heavy (non-hydrogen) atoms. The van der Waals surface area contributed by atoms with E-state index in [9.17, 15) is 10.2 Å². The van der Waals surface area contributed by atoms with Crippen LogP contribution in [0, 0.1) is 10.8 Å². The molecular weight excluding hydrogens is 356 g/mol. The maximum absolute atomic E-state index is 10.5. The molecular formula is C27H40O2. The third-order valence-electron chi connectivity index (χ3n) is 5.91. The van der Waals surface area contributed by atoms with E-state index in [1.54, 1.807) is 0 Å². The third kappa shape index (κ3) is 5.56. The van der Waals surface area contributed by atoms with E-state index in [4.69, 9.17) is 0 Å². The van der Waals surface area contributed by atoms with Crippen LogP contribution in [-0.2, 0) is 18.3 Å². The quantitative estimate of drug-likeness (QED) is 0.534. The molecule has 0 saturated heterocycles. The molecule has 0 aliphatic rings. The molecule has 0 aliphatic heterocycles. The van der Waals surface area contributed by atoms with Crippen LogP contribution in [0.4, 0.5) is 0 Å². The zero-order valence-corrected chi connectivity index (χ0v) is 19.7. The Balaban J connectivity index is 2.61. The predicted octanol–water partition coefficient (Wildman–Crippen LogP) is 7.38. The first kappa shape index (κ1) is 23.3. The summed E-state index contributed by atoms with van der Waals surface area (Å²) >= 11 is 0. The Morgan fingerprint density at radius 3 is 1.24 bits per heavy atom. The molecule has 0 radical (unpaired) electrons. The predicted molar refractivity (Wildman–Crippen MR) is 124 cm³/mol. The minimum atomic E-state index is -0.138. The summed E-state index contributed by atoms with van der Waals surface area (Å²) in [5, 5.41) is 20.9. The van der Waals surface area contributed by atoms with Crippen molar-refractivity contribution in [1.82, 2.24) is 0 Å². The number of benzene rings is 2. The molecule has 0 aliphatic carbocycles. The van der Waals surface area contributed by atoms with Crippen molar-refractivity contribution in [2.24, 2.45) is 10.8 Å². The van der Waals surface area contributed by atoms with E-state index < -0.39 is 0 Å². The fourth-order valence-corrected chi connectivity index (χ4v) is 4.43. The topological polar surface area (TPSA) is 40.5 Å². The second kappa shape index (κ2) is 8.42. The number of hydrogen-bond donors (Lipinski definition) is 2. The summed E-state index contributed by atoms with van der Waals surface area (Å²) in [6, 6.07) is 12.3. The van der Waals surface area contributed by atoms with E-state index in [2.05, 4.69) is 79.7 Å². The Morgan fingerprint density at radius 1 is 0.621 bits per heavy atom. The highest BCUT2D eigenvalue weighted by Crippen LogP contribution is 2.42. The molecule has 2 N–H and O–H groups in total. The highest BCUT2D eigenvalue weighted by molar-refractivity contribution is 5.48. The lowest BCUT2D eigenvalue weighted by atomic mass is 9.69. The average molecular weight is 397 g/mol. The molecule has 2 heteroatoms. The van der Waals surface area contributed by atoms with Crippen molar-refractivity contribution in [3.05, 3.63) is 58.7 Å². The molecule has 0 heterocycles. The van der Waals surface area contributed by atoms with Gasteiger partial charge in [-0.15, -0.1) is 0 Å². The molecule has 2 aromatic carbocycles. The van der Waals surface area contributed by atoms with E-state index >= 15 is 0 Å². The zero-order valence-electron chi connectivity index (χ0n) is 19.7. The molecule has 0 fully saturated rings. The van der Waals surface area contributed by atoms with Gasteiger partial charge in [0.1, 0.15) is 11.5 Å². The van der Waals surface area contributed by atoms with Gasteiger partial charge >= 0.3 is 0 Å². The summed E-state index contributed by atoms with van der Waals surface area (Å²) in [7, 11) is 0. The van der Waals surface area contributed by atoms with Crippen molar-refractivity contribution >= 4 is 0 Å². The van der Waals surface area contributed by atoms with E-state index in [1.807, 2.05) is 12.1 Å². The molecule has 0 spiro atoms. The van der Waals surface area contributed by atoms with Crippen LogP contribution in [0.2, 0.25) is 0 Å². The Kier molecular flexibility index (Phi) is 6.77. The fourth-order valence-electron chi connectivity index (χ4n) is 4.43. The lowest BCUT2D eigenvalue weighted by Gasteiger charge is -2.35. The van der Waals surface area contributed by atoms with Crippen LogP contribution in [0.3, 0.4) is 0 Å². The number of aromatic hydroxyl groups is 2. The highest BCUT2D eigenvalue weighted by Gasteiger charge is 2.32. The first-order chi connectivity index (χ1) is 13.3. The summed E-state index contributed by atoms with van der Waals surface area (Å²) in [6.45, 7) is 17.7. The fraction of sp³-hybridized carbons (Fsp3) is 0.556. The standard InChI is InChI=1S/C27H40O2/c1-9-27(10-2,21-11-13-23(28)19(15-21)17-25(3,4)5)22-12-14-24(29)20(16-22)18-26(6,7)8/h11-16,28-29H,9-10,17-18H2,1-8H3. The van der Waals surface area contributed by atoms with Gasteiger partial charge in [0, 0.05) is 5.41 Å². The van der Waals surface area contributed by atoms with Gasteiger partial charge in [-0.05, 0) is 70.9 Å². The van der Waals surface area contributed by atoms with Gasteiger partial charge in [0.15, 0.2) is 0 Å². The Labute approximate surface area is 178 Å². The van der Waals surface area contributed by atoms with Crippen molar-refractivity contribution in [3.63, 3.8) is 0 Å². The number of phenolic OH excluding ortho intramolecular Hbond substituents is 2. The summed E-state index contributed by atoms with van der Waals surface area (Å²) in [4.78, 5) is 0. The number of phenols is 2. The van der Waals surface area contributed by atoms with Gasteiger partial charge in [0.2, 0.25) is 0 Å². The number of hydrogen-bond acceptors (Lipinski definition) is 2. The van der Waals surface area contributed by atoms with Crippen molar-refractivity contribution in [3.8, 4) is 11.5 Å². The largest absolute Gasteiger partial charge is 0.508 e. The normalized spacial score (nSPS) is 13.0. The smallest absolute Gasteiger partial charge is 0.118 e. The molecule has 2 rings (SSSR count). The first-order valence-corrected chi connectivity index (χ1v) is 11.0. The van der Waals surface area contributed by atoms with Crippen molar-refractivity contribution in [1.29, 1.82) is 0 Å². The van der Waals surface area contributed by atoms with Crippen LogP contribution in [-0.4, -0.2) is 10.2 Å². The van der Waals surface area contributed by atoms with Gasteiger partial charge in [-0.2, -0.15) is 0 Å². The van der Waals surface area contributed by atoms with Gasteiger partial charge in [-0.3, -0.25) is 0 Å². The SMILES string of the molecule is CCC(CC)(c1ccc(O)c(CC(C)(C)C)c1)c1ccc(O)c(CC(C)(C)C)c1. The second-order valence-corrected chi connectivity index (χ2v) is 11.0. The van der Waals surface area contributed by atoms with E-state index in [0.717, 1.165) is 36.8 Å². The minimum Gasteiger partial charge on any atom is -0.508 e. The van der Waals surface area contributed by atoms with Crippen LogP contribution in [0.5, 0.6) is 11.5 Å². The molecule has 2 aromatic rings. The highest BCUT2D eigenvalue weighted by atomic mass is 16.3. The van der Waals surface area contributed by atoms with Crippen molar-refractivity contribution in [2.45, 2.75) is 86.5 Å². The summed E-state index contributed by atoms with van der Waals surface area (Å²) in [5.74, 6) is 0.757. The Bertz CT molecular complexity index is 763. The van der Waals surface area contributed by atoms with Crippen LogP contribution >= 0.6 is 0 Å². The number of rotatable bonds is 6. The summed E-state index contributed by atoms with van der Waals surface area (Å²) in [5.41, 5.74) is 4.58. The monoisotopic (exact) mass is 396 g/mol.